The molecule has 29 heavy (non-hydrogen) atoms. The summed E-state index contributed by atoms with van der Waals surface area (Å²) < 4.78 is 6.47. The minimum Gasteiger partial charge on any atom is -0.497 e. The first-order chi connectivity index (χ1) is 14.0. The summed E-state index contributed by atoms with van der Waals surface area (Å²) in [7, 11) is 1.50. The molecule has 0 aliphatic rings. The molecule has 2 aromatic heterocycles. The van der Waals surface area contributed by atoms with Crippen LogP contribution in [0.1, 0.15) is 21.0 Å². The zero-order valence-corrected chi connectivity index (χ0v) is 15.9. The highest BCUT2D eigenvalue weighted by Crippen LogP contribution is 2.27. The first-order valence-electron chi connectivity index (χ1n) is 8.45. The number of para-hydroxylation sites is 2. The van der Waals surface area contributed by atoms with Crippen molar-refractivity contribution in [1.29, 1.82) is 0 Å². The van der Waals surface area contributed by atoms with E-state index in [4.69, 9.17) is 22.1 Å². The van der Waals surface area contributed by atoms with E-state index in [1.807, 2.05) is 24.3 Å². The minimum absolute atomic E-state index is 0.111. The van der Waals surface area contributed by atoms with Crippen LogP contribution >= 0.6 is 11.6 Å². The topological polar surface area (TPSA) is 128 Å². The fourth-order valence-corrected chi connectivity index (χ4v) is 3.04. The van der Waals surface area contributed by atoms with Gasteiger partial charge in [-0.3, -0.25) is 14.2 Å². The standard InChI is InChI=1S/C19H15ClN6O3/c1-29-10-6-7-11(20)14(8-10)23-18(28)15-16(17(21)27)26(9-22-15)19-24-12-4-2-3-5-13(12)25-19/h2-9H,1H3,(H2,21,27)(H,23,28)(H,24,25). The Labute approximate surface area is 169 Å². The summed E-state index contributed by atoms with van der Waals surface area (Å²) in [5.41, 5.74) is 7.03. The van der Waals surface area contributed by atoms with Crippen molar-refractivity contribution in [1.82, 2.24) is 19.5 Å². The van der Waals surface area contributed by atoms with Gasteiger partial charge in [-0.1, -0.05) is 23.7 Å². The maximum Gasteiger partial charge on any atom is 0.276 e. The van der Waals surface area contributed by atoms with Crippen molar-refractivity contribution >= 4 is 40.1 Å². The first-order valence-corrected chi connectivity index (χ1v) is 8.83. The van der Waals surface area contributed by atoms with Gasteiger partial charge in [0, 0.05) is 6.07 Å². The number of amides is 2. The molecule has 0 atom stereocenters. The number of halogens is 1. The van der Waals surface area contributed by atoms with Crippen LogP contribution in [0.25, 0.3) is 17.0 Å². The molecule has 0 radical (unpaired) electrons. The summed E-state index contributed by atoms with van der Waals surface area (Å²) in [5, 5.41) is 2.93. The number of imidazole rings is 2. The molecular weight excluding hydrogens is 396 g/mol. The van der Waals surface area contributed by atoms with Gasteiger partial charge < -0.3 is 20.8 Å². The second kappa shape index (κ2) is 7.28. The summed E-state index contributed by atoms with van der Waals surface area (Å²) in [5.74, 6) is -0.660. The number of benzene rings is 2. The van der Waals surface area contributed by atoms with E-state index in [0.717, 1.165) is 5.52 Å². The quantitative estimate of drug-likeness (QED) is 0.466. The molecule has 4 rings (SSSR count). The molecule has 2 heterocycles. The van der Waals surface area contributed by atoms with E-state index in [-0.39, 0.29) is 11.4 Å². The fraction of sp³-hybridized carbons (Fsp3) is 0.0526. The molecule has 2 amide bonds. The lowest BCUT2D eigenvalue weighted by atomic mass is 10.2. The molecule has 0 saturated carbocycles. The van der Waals surface area contributed by atoms with E-state index < -0.39 is 11.8 Å². The summed E-state index contributed by atoms with van der Waals surface area (Å²) in [6.45, 7) is 0. The summed E-state index contributed by atoms with van der Waals surface area (Å²) in [6, 6.07) is 12.1. The molecule has 0 saturated heterocycles. The fourth-order valence-electron chi connectivity index (χ4n) is 2.87. The summed E-state index contributed by atoms with van der Waals surface area (Å²) >= 11 is 6.13. The largest absolute Gasteiger partial charge is 0.497 e. The molecule has 4 aromatic rings. The zero-order valence-electron chi connectivity index (χ0n) is 15.1. The molecule has 2 aromatic carbocycles. The first kappa shape index (κ1) is 18.5. The normalized spacial score (nSPS) is 10.8. The molecule has 10 heteroatoms. The van der Waals surface area contributed by atoms with Gasteiger partial charge in [0.1, 0.15) is 17.8 Å². The van der Waals surface area contributed by atoms with Crippen LogP contribution in [0.15, 0.2) is 48.8 Å². The van der Waals surface area contributed by atoms with E-state index in [9.17, 15) is 9.59 Å². The SMILES string of the molecule is COc1ccc(Cl)c(NC(=O)c2ncn(-c3nc4ccccc4[nH]3)c2C(N)=O)c1. The van der Waals surface area contributed by atoms with Crippen LogP contribution in [0.2, 0.25) is 5.02 Å². The van der Waals surface area contributed by atoms with Crippen molar-refractivity contribution in [2.24, 2.45) is 5.73 Å². The zero-order chi connectivity index (χ0) is 20.5. The van der Waals surface area contributed by atoms with Crippen LogP contribution in [0.5, 0.6) is 5.75 Å². The van der Waals surface area contributed by atoms with E-state index in [1.165, 1.54) is 18.0 Å². The Hall–Kier alpha value is -3.85. The Balaban J connectivity index is 1.73. The van der Waals surface area contributed by atoms with Crippen LogP contribution in [-0.2, 0) is 0 Å². The number of carbonyl (C=O) groups is 2. The number of H-pyrrole nitrogens is 1. The van der Waals surface area contributed by atoms with E-state index in [0.29, 0.717) is 27.9 Å². The number of fused-ring (bicyclic) bond motifs is 1. The van der Waals surface area contributed by atoms with E-state index >= 15 is 0 Å². The van der Waals surface area contributed by atoms with E-state index in [2.05, 4.69) is 20.3 Å². The molecule has 0 aliphatic heterocycles. The molecule has 0 unspecified atom stereocenters. The second-order valence-electron chi connectivity index (χ2n) is 6.05. The van der Waals surface area contributed by atoms with Crippen molar-refractivity contribution in [2.45, 2.75) is 0 Å². The predicted octanol–water partition coefficient (Wildman–Crippen LogP) is 2.76. The van der Waals surface area contributed by atoms with Gasteiger partial charge in [0.25, 0.3) is 11.8 Å². The van der Waals surface area contributed by atoms with Gasteiger partial charge in [0.2, 0.25) is 5.95 Å². The maximum absolute atomic E-state index is 12.8. The number of rotatable bonds is 5. The molecule has 146 valence electrons. The highest BCUT2D eigenvalue weighted by molar-refractivity contribution is 6.34. The molecule has 4 N–H and O–H groups in total. The van der Waals surface area contributed by atoms with E-state index in [1.54, 1.807) is 18.2 Å². The van der Waals surface area contributed by atoms with Gasteiger partial charge in [0.15, 0.2) is 5.69 Å². The van der Waals surface area contributed by atoms with Crippen molar-refractivity contribution in [3.05, 3.63) is 65.2 Å². The third-order valence-electron chi connectivity index (χ3n) is 4.24. The molecule has 9 nitrogen and oxygen atoms in total. The van der Waals surface area contributed by atoms with Gasteiger partial charge >= 0.3 is 0 Å². The third kappa shape index (κ3) is 3.39. The number of aromatic nitrogens is 4. The number of nitrogens with one attached hydrogen (secondary N) is 2. The van der Waals surface area contributed by atoms with Gasteiger partial charge in [-0.2, -0.15) is 0 Å². The third-order valence-corrected chi connectivity index (χ3v) is 4.57. The average Bonchev–Trinajstić information content (AvgIpc) is 3.33. The Morgan fingerprint density at radius 1 is 1.24 bits per heavy atom. The van der Waals surface area contributed by atoms with Gasteiger partial charge in [0.05, 0.1) is 28.9 Å². The minimum atomic E-state index is -0.829. The molecule has 0 bridgehead atoms. The van der Waals surface area contributed by atoms with Crippen LogP contribution in [0.3, 0.4) is 0 Å². The Morgan fingerprint density at radius 2 is 2.03 bits per heavy atom. The van der Waals surface area contributed by atoms with Crippen molar-refractivity contribution in [2.75, 3.05) is 12.4 Å². The van der Waals surface area contributed by atoms with Crippen LogP contribution in [0.4, 0.5) is 5.69 Å². The monoisotopic (exact) mass is 410 g/mol. The lowest BCUT2D eigenvalue weighted by molar-refractivity contribution is 0.0970. The summed E-state index contributed by atoms with van der Waals surface area (Å²) in [4.78, 5) is 36.4. The van der Waals surface area contributed by atoms with Crippen LogP contribution < -0.4 is 15.8 Å². The number of carbonyl (C=O) groups excluding carboxylic acids is 2. The highest BCUT2D eigenvalue weighted by atomic mass is 35.5. The Kier molecular flexibility index (Phi) is 4.65. The number of nitrogens with zero attached hydrogens (tertiary/aromatic N) is 3. The second-order valence-corrected chi connectivity index (χ2v) is 6.46. The Morgan fingerprint density at radius 3 is 2.76 bits per heavy atom. The predicted molar refractivity (Wildman–Crippen MR) is 108 cm³/mol. The number of anilines is 1. The van der Waals surface area contributed by atoms with Gasteiger partial charge in [-0.05, 0) is 24.3 Å². The summed E-state index contributed by atoms with van der Waals surface area (Å²) in [6.07, 6.45) is 1.31. The van der Waals surface area contributed by atoms with Crippen molar-refractivity contribution in [3.8, 4) is 11.7 Å². The van der Waals surface area contributed by atoms with Crippen molar-refractivity contribution < 1.29 is 14.3 Å². The van der Waals surface area contributed by atoms with Crippen molar-refractivity contribution in [3.63, 3.8) is 0 Å². The average molecular weight is 411 g/mol. The number of hydrogen-bond acceptors (Lipinski definition) is 5. The maximum atomic E-state index is 12.8. The highest BCUT2D eigenvalue weighted by Gasteiger charge is 2.25. The number of ether oxygens (including phenoxy) is 1. The number of methoxy groups -OCH3 is 1. The molecule has 0 spiro atoms. The molecule has 0 fully saturated rings. The lowest BCUT2D eigenvalue weighted by Gasteiger charge is -2.09. The molecular formula is C19H15ClN6O3. The smallest absolute Gasteiger partial charge is 0.276 e. The number of primary amides is 1. The number of hydrogen-bond donors (Lipinski definition) is 3. The van der Waals surface area contributed by atoms with Crippen LogP contribution in [0, 0.1) is 0 Å². The number of nitrogens with two attached hydrogens (primary N) is 1. The van der Waals surface area contributed by atoms with Gasteiger partial charge in [-0.15, -0.1) is 0 Å². The number of aromatic amines is 1. The Bertz CT molecular complexity index is 1210. The lowest BCUT2D eigenvalue weighted by Crippen LogP contribution is -2.23. The molecule has 0 aliphatic carbocycles. The van der Waals surface area contributed by atoms with Gasteiger partial charge in [-0.25, -0.2) is 9.97 Å². The van der Waals surface area contributed by atoms with Crippen LogP contribution in [-0.4, -0.2) is 38.4 Å².